The average Bonchev–Trinajstić information content (AvgIpc) is 2.85. The van der Waals surface area contributed by atoms with E-state index in [1.54, 1.807) is 0 Å². The third-order valence-electron chi connectivity index (χ3n) is 4.17. The minimum atomic E-state index is -0.993. The van der Waals surface area contributed by atoms with Gasteiger partial charge in [-0.15, -0.1) is 0 Å². The Balaban J connectivity index is 1.81. The Kier molecular flexibility index (Phi) is 4.70. The summed E-state index contributed by atoms with van der Waals surface area (Å²) in [5, 5.41) is 0. The van der Waals surface area contributed by atoms with Crippen molar-refractivity contribution in [1.82, 2.24) is 9.97 Å². The van der Waals surface area contributed by atoms with Crippen LogP contribution < -0.4 is 4.90 Å². The molecule has 1 atom stereocenters. The summed E-state index contributed by atoms with van der Waals surface area (Å²) in [5.41, 5.74) is 0.0165. The molecular weight excluding hydrogens is 340 g/mol. The van der Waals surface area contributed by atoms with Crippen molar-refractivity contribution < 1.29 is 18.3 Å². The van der Waals surface area contributed by atoms with Crippen LogP contribution in [0.25, 0.3) is 0 Å². The van der Waals surface area contributed by atoms with Gasteiger partial charge in [-0.1, -0.05) is 31.8 Å². The van der Waals surface area contributed by atoms with Crippen LogP contribution in [0.2, 0.25) is 0 Å². The number of anilines is 1. The Morgan fingerprint density at radius 1 is 1.23 bits per heavy atom. The van der Waals surface area contributed by atoms with Crippen LogP contribution >= 0.6 is 0 Å². The van der Waals surface area contributed by atoms with Crippen LogP contribution in [0.5, 0.6) is 0 Å². The lowest BCUT2D eigenvalue weighted by atomic mass is 9.90. The molecule has 3 rings (SSSR count). The molecular formula is C19H17F2N3O2. The number of aromatic nitrogens is 2. The molecule has 26 heavy (non-hydrogen) atoms. The molecule has 1 aromatic carbocycles. The third-order valence-corrected chi connectivity index (χ3v) is 4.17. The maximum absolute atomic E-state index is 13.6. The van der Waals surface area contributed by atoms with Crippen molar-refractivity contribution >= 4 is 11.9 Å². The molecule has 1 saturated heterocycles. The Morgan fingerprint density at radius 3 is 2.54 bits per heavy atom. The lowest BCUT2D eigenvalue weighted by Crippen LogP contribution is -2.33. The molecule has 0 saturated carbocycles. The minimum absolute atomic E-state index is 0.0477. The van der Waals surface area contributed by atoms with E-state index in [4.69, 9.17) is 4.74 Å². The largest absolute Gasteiger partial charge is 0.371 e. The zero-order valence-electron chi connectivity index (χ0n) is 14.6. The van der Waals surface area contributed by atoms with Crippen molar-refractivity contribution in [3.63, 3.8) is 0 Å². The van der Waals surface area contributed by atoms with Crippen LogP contribution in [0.1, 0.15) is 25.0 Å². The maximum Gasteiger partial charge on any atom is 0.259 e. The van der Waals surface area contributed by atoms with Crippen LogP contribution in [0.3, 0.4) is 0 Å². The fourth-order valence-electron chi connectivity index (χ4n) is 2.90. The van der Waals surface area contributed by atoms with E-state index in [0.29, 0.717) is 12.1 Å². The fraction of sp³-hybridized carbons (Fsp3) is 0.316. The van der Waals surface area contributed by atoms with E-state index >= 15 is 0 Å². The van der Waals surface area contributed by atoms with E-state index < -0.39 is 17.7 Å². The van der Waals surface area contributed by atoms with Crippen molar-refractivity contribution in [2.75, 3.05) is 18.6 Å². The summed E-state index contributed by atoms with van der Waals surface area (Å²) >= 11 is 0. The van der Waals surface area contributed by atoms with Crippen LogP contribution in [-0.4, -0.2) is 35.6 Å². The summed E-state index contributed by atoms with van der Waals surface area (Å²) in [4.78, 5) is 22.2. The van der Waals surface area contributed by atoms with E-state index in [-0.39, 0.29) is 22.8 Å². The molecule has 0 aliphatic carbocycles. The van der Waals surface area contributed by atoms with Crippen LogP contribution in [0, 0.1) is 28.9 Å². The number of hydrogen-bond donors (Lipinski definition) is 0. The lowest BCUT2D eigenvalue weighted by molar-refractivity contribution is -0.128. The third kappa shape index (κ3) is 3.28. The standard InChI is InChI=1S/C19H17F2N3O2/c1-19(2)11-24(17(25)16(19)26-3)18-22-9-12(10-23-18)7-8-13-5-4-6-14(20)15(13)21/h4-6,9-10,16H,11H2,1-3H3. The molecule has 7 heteroatoms. The number of benzene rings is 1. The van der Waals surface area contributed by atoms with Crippen LogP contribution in [0.15, 0.2) is 30.6 Å². The van der Waals surface area contributed by atoms with Crippen molar-refractivity contribution in [3.8, 4) is 11.8 Å². The van der Waals surface area contributed by atoms with Gasteiger partial charge in [0.1, 0.15) is 6.10 Å². The second kappa shape index (κ2) is 6.81. The molecule has 134 valence electrons. The van der Waals surface area contributed by atoms with E-state index in [2.05, 4.69) is 21.8 Å². The second-order valence-electron chi connectivity index (χ2n) is 6.65. The fourth-order valence-corrected chi connectivity index (χ4v) is 2.90. The van der Waals surface area contributed by atoms with Gasteiger partial charge in [0.05, 0.1) is 11.1 Å². The van der Waals surface area contributed by atoms with Crippen molar-refractivity contribution in [2.45, 2.75) is 20.0 Å². The first kappa shape index (κ1) is 18.0. The van der Waals surface area contributed by atoms with Gasteiger partial charge in [0.15, 0.2) is 11.6 Å². The van der Waals surface area contributed by atoms with Gasteiger partial charge in [0.25, 0.3) is 5.91 Å². The molecule has 0 N–H and O–H groups in total. The highest BCUT2D eigenvalue weighted by Crippen LogP contribution is 2.34. The average molecular weight is 357 g/mol. The van der Waals surface area contributed by atoms with Crippen molar-refractivity contribution in [3.05, 3.63) is 53.4 Å². The first-order chi connectivity index (χ1) is 12.3. The Bertz CT molecular complexity index is 901. The molecule has 5 nitrogen and oxygen atoms in total. The highest BCUT2D eigenvalue weighted by Gasteiger charge is 2.47. The molecule has 0 radical (unpaired) electrons. The first-order valence-corrected chi connectivity index (χ1v) is 7.96. The topological polar surface area (TPSA) is 55.3 Å². The van der Waals surface area contributed by atoms with Crippen molar-refractivity contribution in [2.24, 2.45) is 5.41 Å². The highest BCUT2D eigenvalue weighted by molar-refractivity contribution is 5.98. The van der Waals surface area contributed by atoms with Crippen LogP contribution in [0.4, 0.5) is 14.7 Å². The molecule has 1 unspecified atom stereocenters. The van der Waals surface area contributed by atoms with Crippen LogP contribution in [-0.2, 0) is 9.53 Å². The highest BCUT2D eigenvalue weighted by atomic mass is 19.2. The van der Waals surface area contributed by atoms with E-state index in [9.17, 15) is 13.6 Å². The van der Waals surface area contributed by atoms with E-state index in [0.717, 1.165) is 6.07 Å². The summed E-state index contributed by atoms with van der Waals surface area (Å²) in [6.07, 6.45) is 2.32. The summed E-state index contributed by atoms with van der Waals surface area (Å²) < 4.78 is 32.1. The smallest absolute Gasteiger partial charge is 0.259 e. The van der Waals surface area contributed by atoms with Gasteiger partial charge in [0.2, 0.25) is 5.95 Å². The number of amides is 1. The molecule has 1 amide bonds. The summed E-state index contributed by atoms with van der Waals surface area (Å²) in [7, 11) is 1.50. The van der Waals surface area contributed by atoms with Gasteiger partial charge in [-0.05, 0) is 12.1 Å². The summed E-state index contributed by atoms with van der Waals surface area (Å²) in [6, 6.07) is 3.80. The number of carbonyl (C=O) groups excluding carboxylic acids is 1. The predicted molar refractivity (Wildman–Crippen MR) is 91.3 cm³/mol. The molecule has 0 spiro atoms. The molecule has 2 aromatic rings. The molecule has 0 bridgehead atoms. The maximum atomic E-state index is 13.6. The van der Waals surface area contributed by atoms with Gasteiger partial charge < -0.3 is 4.74 Å². The molecule has 1 aliphatic heterocycles. The second-order valence-corrected chi connectivity index (χ2v) is 6.65. The zero-order chi connectivity index (χ0) is 18.9. The molecule has 1 aromatic heterocycles. The number of halogens is 2. The zero-order valence-corrected chi connectivity index (χ0v) is 14.6. The summed E-state index contributed by atoms with van der Waals surface area (Å²) in [6.45, 7) is 4.31. The van der Waals surface area contributed by atoms with Gasteiger partial charge in [-0.25, -0.2) is 18.7 Å². The molecule has 2 heterocycles. The monoisotopic (exact) mass is 357 g/mol. The van der Waals surface area contributed by atoms with Crippen molar-refractivity contribution in [1.29, 1.82) is 0 Å². The lowest BCUT2D eigenvalue weighted by Gasteiger charge is -2.21. The van der Waals surface area contributed by atoms with E-state index in [1.807, 2.05) is 13.8 Å². The Labute approximate surface area is 150 Å². The van der Waals surface area contributed by atoms with Gasteiger partial charge in [-0.3, -0.25) is 9.69 Å². The SMILES string of the molecule is COC1C(=O)N(c2ncc(C#Cc3cccc(F)c3F)cn2)CC1(C)C. The Hall–Kier alpha value is -2.85. The number of ether oxygens (including phenoxy) is 1. The van der Waals surface area contributed by atoms with Gasteiger partial charge >= 0.3 is 0 Å². The normalized spacial score (nSPS) is 18.6. The minimum Gasteiger partial charge on any atom is -0.371 e. The first-order valence-electron chi connectivity index (χ1n) is 7.96. The molecule has 1 aliphatic rings. The number of methoxy groups -OCH3 is 1. The number of rotatable bonds is 2. The number of nitrogens with zero attached hydrogens (tertiary/aromatic N) is 3. The van der Waals surface area contributed by atoms with Gasteiger partial charge in [-0.2, -0.15) is 0 Å². The predicted octanol–water partition coefficient (Wildman–Crippen LogP) is 2.54. The van der Waals surface area contributed by atoms with Gasteiger partial charge in [0, 0.05) is 31.5 Å². The molecule has 1 fully saturated rings. The quantitative estimate of drug-likeness (QED) is 0.775. The summed E-state index contributed by atoms with van der Waals surface area (Å²) in [5.74, 6) is 3.35. The van der Waals surface area contributed by atoms with E-state index in [1.165, 1.54) is 36.5 Å². The number of carbonyl (C=O) groups is 1. The Morgan fingerprint density at radius 2 is 1.92 bits per heavy atom. The number of hydrogen-bond acceptors (Lipinski definition) is 4.